The van der Waals surface area contributed by atoms with Gasteiger partial charge in [0.25, 0.3) is 0 Å². The molecule has 0 amide bonds. The van der Waals surface area contributed by atoms with Crippen molar-refractivity contribution in [2.45, 2.75) is 32.8 Å². The minimum Gasteiger partial charge on any atom is -0.393 e. The summed E-state index contributed by atoms with van der Waals surface area (Å²) < 4.78 is 0. The average Bonchev–Trinajstić information content (AvgIpc) is 3.07. The maximum absolute atomic E-state index is 10.3. The van der Waals surface area contributed by atoms with Gasteiger partial charge in [0.15, 0.2) is 5.65 Å². The van der Waals surface area contributed by atoms with Gasteiger partial charge in [-0.15, -0.1) is 0 Å². The van der Waals surface area contributed by atoms with Gasteiger partial charge in [0.2, 0.25) is 0 Å². The number of fused-ring (bicyclic) bond motifs is 1. The van der Waals surface area contributed by atoms with Crippen molar-refractivity contribution in [1.82, 2.24) is 20.2 Å². The summed E-state index contributed by atoms with van der Waals surface area (Å²) in [5.41, 5.74) is 2.46. The van der Waals surface area contributed by atoms with Crippen molar-refractivity contribution in [1.29, 1.82) is 0 Å². The molecule has 1 aliphatic heterocycles. The topological polar surface area (TPSA) is 77.9 Å². The first-order valence-corrected chi connectivity index (χ1v) is 9.31. The number of hydrogen-bond donors (Lipinski definition) is 2. The molecule has 4 rings (SSSR count). The molecule has 4 heterocycles. The Bertz CT molecular complexity index is 891. The number of nitrogens with one attached hydrogen (secondary N) is 1. The molecule has 2 atom stereocenters. The predicted octanol–water partition coefficient (Wildman–Crippen LogP) is 3.25. The third kappa shape index (κ3) is 3.29. The fourth-order valence-electron chi connectivity index (χ4n) is 3.85. The lowest BCUT2D eigenvalue weighted by atomic mass is 9.87. The fraction of sp³-hybridized carbons (Fsp3) is 0.450. The Morgan fingerprint density at radius 2 is 2.15 bits per heavy atom. The van der Waals surface area contributed by atoms with Crippen molar-refractivity contribution in [3.05, 3.63) is 36.5 Å². The molecule has 26 heavy (non-hydrogen) atoms. The third-order valence-electron chi connectivity index (χ3n) is 5.11. The van der Waals surface area contributed by atoms with E-state index in [1.165, 1.54) is 0 Å². The summed E-state index contributed by atoms with van der Waals surface area (Å²) in [6.45, 7) is 6.10. The van der Waals surface area contributed by atoms with Crippen LogP contribution in [-0.4, -0.2) is 44.5 Å². The van der Waals surface area contributed by atoms with Crippen LogP contribution >= 0.6 is 0 Å². The number of rotatable bonds is 4. The summed E-state index contributed by atoms with van der Waals surface area (Å²) in [7, 11) is 0. The van der Waals surface area contributed by atoms with Crippen LogP contribution in [0.1, 0.15) is 26.7 Å². The average molecular weight is 351 g/mol. The summed E-state index contributed by atoms with van der Waals surface area (Å²) >= 11 is 0. The molecule has 0 aliphatic carbocycles. The van der Waals surface area contributed by atoms with E-state index in [4.69, 9.17) is 4.98 Å². The molecule has 136 valence electrons. The molecular formula is C20H25N5O. The van der Waals surface area contributed by atoms with Crippen LogP contribution in [0.25, 0.3) is 22.4 Å². The molecule has 2 N–H and O–H groups in total. The van der Waals surface area contributed by atoms with Gasteiger partial charge in [-0.25, -0.2) is 9.97 Å². The Kier molecular flexibility index (Phi) is 4.59. The van der Waals surface area contributed by atoms with E-state index < -0.39 is 0 Å². The zero-order valence-corrected chi connectivity index (χ0v) is 15.3. The minimum atomic E-state index is -0.209. The zero-order valence-electron chi connectivity index (χ0n) is 15.3. The van der Waals surface area contributed by atoms with Gasteiger partial charge < -0.3 is 10.0 Å². The zero-order chi connectivity index (χ0) is 18.1. The summed E-state index contributed by atoms with van der Waals surface area (Å²) in [4.78, 5) is 11.4. The summed E-state index contributed by atoms with van der Waals surface area (Å²) in [5.74, 6) is 1.83. The monoisotopic (exact) mass is 351 g/mol. The van der Waals surface area contributed by atoms with Gasteiger partial charge >= 0.3 is 0 Å². The van der Waals surface area contributed by atoms with E-state index >= 15 is 0 Å². The van der Waals surface area contributed by atoms with Gasteiger partial charge in [-0.3, -0.25) is 5.10 Å². The second-order valence-electron chi connectivity index (χ2n) is 7.55. The van der Waals surface area contributed by atoms with Crippen molar-refractivity contribution in [2.24, 2.45) is 11.8 Å². The number of aromatic nitrogens is 4. The number of aliphatic hydroxyl groups is 1. The van der Waals surface area contributed by atoms with Crippen molar-refractivity contribution in [3.8, 4) is 11.4 Å². The second kappa shape index (κ2) is 7.03. The van der Waals surface area contributed by atoms with Gasteiger partial charge in [0, 0.05) is 30.6 Å². The highest BCUT2D eigenvalue weighted by atomic mass is 16.3. The van der Waals surface area contributed by atoms with Crippen molar-refractivity contribution in [3.63, 3.8) is 0 Å². The lowest BCUT2D eigenvalue weighted by Gasteiger charge is -2.37. The summed E-state index contributed by atoms with van der Waals surface area (Å²) in [6.07, 6.45) is 3.36. The molecule has 1 fully saturated rings. The number of pyridine rings is 2. The number of aromatic amines is 1. The Morgan fingerprint density at radius 3 is 3.00 bits per heavy atom. The van der Waals surface area contributed by atoms with Crippen molar-refractivity contribution < 1.29 is 5.11 Å². The van der Waals surface area contributed by atoms with E-state index in [9.17, 15) is 5.11 Å². The van der Waals surface area contributed by atoms with E-state index in [2.05, 4.69) is 33.9 Å². The Hall–Kier alpha value is -2.47. The molecular weight excluding hydrogens is 326 g/mol. The molecule has 0 unspecified atom stereocenters. The highest BCUT2D eigenvalue weighted by molar-refractivity contribution is 5.89. The molecule has 0 radical (unpaired) electrons. The van der Waals surface area contributed by atoms with Crippen LogP contribution in [0.5, 0.6) is 0 Å². The molecule has 6 nitrogen and oxygen atoms in total. The highest BCUT2D eigenvalue weighted by Crippen LogP contribution is 2.29. The van der Waals surface area contributed by atoms with Crippen molar-refractivity contribution in [2.75, 3.05) is 18.0 Å². The molecule has 0 saturated carbocycles. The highest BCUT2D eigenvalue weighted by Gasteiger charge is 2.29. The van der Waals surface area contributed by atoms with Gasteiger partial charge in [0.05, 0.1) is 17.5 Å². The maximum Gasteiger partial charge on any atom is 0.181 e. The van der Waals surface area contributed by atoms with Crippen LogP contribution in [-0.2, 0) is 0 Å². The lowest BCUT2D eigenvalue weighted by Crippen LogP contribution is -2.44. The maximum atomic E-state index is 10.3. The van der Waals surface area contributed by atoms with Crippen LogP contribution in [0.15, 0.2) is 36.5 Å². The molecule has 3 aromatic rings. The fourth-order valence-corrected chi connectivity index (χ4v) is 3.85. The van der Waals surface area contributed by atoms with E-state index in [0.29, 0.717) is 17.5 Å². The lowest BCUT2D eigenvalue weighted by molar-refractivity contribution is 0.0764. The third-order valence-corrected chi connectivity index (χ3v) is 5.11. The van der Waals surface area contributed by atoms with Crippen LogP contribution in [0, 0.1) is 11.8 Å². The molecule has 3 aromatic heterocycles. The quantitative estimate of drug-likeness (QED) is 0.754. The first-order valence-electron chi connectivity index (χ1n) is 9.31. The number of aliphatic hydroxyl groups excluding tert-OH is 1. The first-order chi connectivity index (χ1) is 12.6. The van der Waals surface area contributed by atoms with E-state index in [0.717, 1.165) is 48.5 Å². The molecule has 0 aromatic carbocycles. The van der Waals surface area contributed by atoms with E-state index in [1.807, 2.05) is 30.3 Å². The SMILES string of the molecule is CC(C)C[C@@H]1CN(c2cccc(-c3[nH]nc4ncccc34)n2)CC[C@H]1O. The smallest absolute Gasteiger partial charge is 0.181 e. The van der Waals surface area contributed by atoms with E-state index in [1.54, 1.807) is 6.20 Å². The Morgan fingerprint density at radius 1 is 1.27 bits per heavy atom. The van der Waals surface area contributed by atoms with Crippen LogP contribution < -0.4 is 4.90 Å². The first kappa shape index (κ1) is 17.0. The second-order valence-corrected chi connectivity index (χ2v) is 7.55. The minimum absolute atomic E-state index is 0.209. The Balaban J connectivity index is 1.61. The predicted molar refractivity (Wildman–Crippen MR) is 103 cm³/mol. The number of nitrogens with zero attached hydrogens (tertiary/aromatic N) is 4. The molecule has 0 bridgehead atoms. The van der Waals surface area contributed by atoms with Crippen molar-refractivity contribution >= 4 is 16.9 Å². The number of piperidine rings is 1. The van der Waals surface area contributed by atoms with Gasteiger partial charge in [0.1, 0.15) is 5.82 Å². The number of hydrogen-bond acceptors (Lipinski definition) is 5. The van der Waals surface area contributed by atoms with Gasteiger partial charge in [-0.2, -0.15) is 5.10 Å². The standard InChI is InChI=1S/C20H25N5O/c1-13(2)11-14-12-25(10-8-17(14)26)18-7-3-6-16(22-18)19-15-5-4-9-21-20(15)24-23-19/h3-7,9,13-14,17,26H,8,10-12H2,1-2H3,(H,21,23,24)/t14-,17-/m1/s1. The van der Waals surface area contributed by atoms with Crippen LogP contribution in [0.2, 0.25) is 0 Å². The summed E-state index contributed by atoms with van der Waals surface area (Å²) in [5, 5.41) is 18.7. The van der Waals surface area contributed by atoms with Crippen LogP contribution in [0.3, 0.4) is 0 Å². The molecule has 1 saturated heterocycles. The normalized spacial score (nSPS) is 20.8. The molecule has 6 heteroatoms. The van der Waals surface area contributed by atoms with E-state index in [-0.39, 0.29) is 6.10 Å². The van der Waals surface area contributed by atoms with Gasteiger partial charge in [-0.05, 0) is 43.0 Å². The number of H-pyrrole nitrogens is 1. The number of anilines is 1. The summed E-state index contributed by atoms with van der Waals surface area (Å²) in [6, 6.07) is 9.99. The molecule has 1 aliphatic rings. The Labute approximate surface area is 153 Å². The largest absolute Gasteiger partial charge is 0.393 e. The van der Waals surface area contributed by atoms with Crippen LogP contribution in [0.4, 0.5) is 5.82 Å². The van der Waals surface area contributed by atoms with Gasteiger partial charge in [-0.1, -0.05) is 19.9 Å². The molecule has 0 spiro atoms.